The Kier molecular flexibility index (Phi) is 5.21. The summed E-state index contributed by atoms with van der Waals surface area (Å²) in [6.07, 6.45) is 5.38. The second-order valence-corrected chi connectivity index (χ2v) is 8.25. The molecule has 1 aromatic carbocycles. The fraction of sp³-hybridized carbons (Fsp3) is 0.409. The first-order chi connectivity index (χ1) is 13.9. The van der Waals surface area contributed by atoms with Gasteiger partial charge in [-0.3, -0.25) is 4.79 Å². The molecule has 0 bridgehead atoms. The molecule has 1 aliphatic rings. The molecule has 0 radical (unpaired) electrons. The van der Waals surface area contributed by atoms with Gasteiger partial charge in [0.2, 0.25) is 5.91 Å². The minimum atomic E-state index is -0.204. The molecule has 1 unspecified atom stereocenters. The van der Waals surface area contributed by atoms with E-state index in [4.69, 9.17) is 11.6 Å². The molecule has 3 aromatic rings. The number of anilines is 1. The molecule has 0 N–H and O–H groups in total. The van der Waals surface area contributed by atoms with Crippen LogP contribution in [0, 0.1) is 6.92 Å². The van der Waals surface area contributed by atoms with E-state index in [0.29, 0.717) is 11.6 Å². The van der Waals surface area contributed by atoms with Crippen LogP contribution in [-0.2, 0) is 11.2 Å². The number of rotatable bonds is 5. The first kappa shape index (κ1) is 19.7. The summed E-state index contributed by atoms with van der Waals surface area (Å²) in [4.78, 5) is 19.8. The number of aryl methyl sites for hydroxylation is 2. The van der Waals surface area contributed by atoms with E-state index in [1.165, 1.54) is 0 Å². The fourth-order valence-electron chi connectivity index (χ4n) is 4.15. The lowest BCUT2D eigenvalue weighted by Crippen LogP contribution is -2.29. The third-order valence-corrected chi connectivity index (χ3v) is 5.71. The molecule has 152 valence electrons. The van der Waals surface area contributed by atoms with Crippen molar-refractivity contribution in [3.05, 3.63) is 58.9 Å². The molecular formula is C22H26ClN5O. The lowest BCUT2D eigenvalue weighted by molar-refractivity contribution is -0.119. The third kappa shape index (κ3) is 3.46. The molecule has 1 aliphatic heterocycles. The molecule has 0 spiro atoms. The van der Waals surface area contributed by atoms with Gasteiger partial charge in [-0.25, -0.2) is 9.67 Å². The number of nitrogens with zero attached hydrogens (tertiary/aromatic N) is 5. The first-order valence-corrected chi connectivity index (χ1v) is 10.5. The predicted molar refractivity (Wildman–Crippen MR) is 115 cm³/mol. The monoisotopic (exact) mass is 411 g/mol. The van der Waals surface area contributed by atoms with Gasteiger partial charge in [0.05, 0.1) is 29.0 Å². The van der Waals surface area contributed by atoms with Gasteiger partial charge in [0.15, 0.2) is 0 Å². The van der Waals surface area contributed by atoms with Gasteiger partial charge in [-0.2, -0.15) is 5.10 Å². The van der Waals surface area contributed by atoms with Crippen molar-refractivity contribution < 1.29 is 4.79 Å². The molecule has 1 amide bonds. The summed E-state index contributed by atoms with van der Waals surface area (Å²) >= 11 is 6.04. The average Bonchev–Trinajstić information content (AvgIpc) is 3.38. The summed E-state index contributed by atoms with van der Waals surface area (Å²) in [6.45, 7) is 8.97. The van der Waals surface area contributed by atoms with Gasteiger partial charge in [0.25, 0.3) is 0 Å². The van der Waals surface area contributed by atoms with Gasteiger partial charge < -0.3 is 9.47 Å². The van der Waals surface area contributed by atoms with E-state index in [9.17, 15) is 4.79 Å². The van der Waals surface area contributed by atoms with Gasteiger partial charge in [-0.1, -0.05) is 32.4 Å². The molecule has 2 aromatic heterocycles. The van der Waals surface area contributed by atoms with Crippen molar-refractivity contribution in [3.8, 4) is 5.69 Å². The van der Waals surface area contributed by atoms with Crippen molar-refractivity contribution in [1.29, 1.82) is 0 Å². The van der Waals surface area contributed by atoms with Crippen molar-refractivity contribution in [2.45, 2.75) is 52.5 Å². The van der Waals surface area contributed by atoms with Crippen LogP contribution in [0.5, 0.6) is 0 Å². The highest BCUT2D eigenvalue weighted by atomic mass is 35.5. The van der Waals surface area contributed by atoms with E-state index < -0.39 is 0 Å². The molecule has 7 heteroatoms. The number of aromatic nitrogens is 4. The van der Waals surface area contributed by atoms with Gasteiger partial charge >= 0.3 is 0 Å². The molecule has 29 heavy (non-hydrogen) atoms. The summed E-state index contributed by atoms with van der Waals surface area (Å²) in [7, 11) is 0. The Morgan fingerprint density at radius 1 is 1.24 bits per heavy atom. The largest absolute Gasteiger partial charge is 0.322 e. The molecule has 1 fully saturated rings. The molecule has 0 saturated carbocycles. The SMILES string of the molecule is CCc1nc(C)cn1C1CCN(c2cnn(-c3ccc(Cl)cc3)c2C(C)C)C1=O. The van der Waals surface area contributed by atoms with Gasteiger partial charge in [-0.05, 0) is 43.5 Å². The van der Waals surface area contributed by atoms with E-state index in [-0.39, 0.29) is 17.9 Å². The topological polar surface area (TPSA) is 56.0 Å². The maximum absolute atomic E-state index is 13.4. The summed E-state index contributed by atoms with van der Waals surface area (Å²) in [5.41, 5.74) is 3.80. The summed E-state index contributed by atoms with van der Waals surface area (Å²) in [5.74, 6) is 1.27. The summed E-state index contributed by atoms with van der Waals surface area (Å²) in [6, 6.07) is 7.40. The zero-order valence-electron chi connectivity index (χ0n) is 17.3. The number of benzene rings is 1. The van der Waals surface area contributed by atoms with Gasteiger partial charge in [-0.15, -0.1) is 0 Å². The van der Waals surface area contributed by atoms with Crippen LogP contribution in [0.2, 0.25) is 5.02 Å². The molecule has 3 heterocycles. The molecule has 1 saturated heterocycles. The number of hydrogen-bond acceptors (Lipinski definition) is 3. The Morgan fingerprint density at radius 2 is 1.97 bits per heavy atom. The van der Waals surface area contributed by atoms with Crippen molar-refractivity contribution in [3.63, 3.8) is 0 Å². The molecule has 6 nitrogen and oxygen atoms in total. The Labute approximate surface area is 176 Å². The van der Waals surface area contributed by atoms with Crippen LogP contribution in [0.15, 0.2) is 36.7 Å². The first-order valence-electron chi connectivity index (χ1n) is 10.1. The standard InChI is InChI=1S/C22H26ClN5O/c1-5-20-25-15(4)13-27(20)18-10-11-26(22(18)29)19-12-24-28(21(19)14(2)3)17-8-6-16(23)7-9-17/h6-9,12-14,18H,5,10-11H2,1-4H3. The fourth-order valence-corrected chi connectivity index (χ4v) is 4.27. The smallest absolute Gasteiger partial charge is 0.250 e. The van der Waals surface area contributed by atoms with Crippen molar-refractivity contribution in [2.75, 3.05) is 11.4 Å². The van der Waals surface area contributed by atoms with Crippen molar-refractivity contribution >= 4 is 23.2 Å². The second kappa shape index (κ2) is 7.67. The minimum absolute atomic E-state index is 0.106. The third-order valence-electron chi connectivity index (χ3n) is 5.45. The molecular weight excluding hydrogens is 386 g/mol. The van der Waals surface area contributed by atoms with Crippen LogP contribution in [0.1, 0.15) is 56.4 Å². The zero-order chi connectivity index (χ0) is 20.7. The lowest BCUT2D eigenvalue weighted by atomic mass is 10.1. The number of hydrogen-bond donors (Lipinski definition) is 0. The highest BCUT2D eigenvalue weighted by Crippen LogP contribution is 2.35. The van der Waals surface area contributed by atoms with E-state index in [2.05, 4.69) is 35.4 Å². The van der Waals surface area contributed by atoms with Crippen molar-refractivity contribution in [2.24, 2.45) is 0 Å². The average molecular weight is 412 g/mol. The minimum Gasteiger partial charge on any atom is -0.322 e. The Hall–Kier alpha value is -2.60. The zero-order valence-corrected chi connectivity index (χ0v) is 18.0. The van der Waals surface area contributed by atoms with E-state index in [0.717, 1.165) is 41.4 Å². The van der Waals surface area contributed by atoms with Gasteiger partial charge in [0.1, 0.15) is 11.9 Å². The van der Waals surface area contributed by atoms with Crippen LogP contribution in [-0.4, -0.2) is 31.8 Å². The van der Waals surface area contributed by atoms with Crippen molar-refractivity contribution in [1.82, 2.24) is 19.3 Å². The maximum Gasteiger partial charge on any atom is 0.250 e. The van der Waals surface area contributed by atoms with Crippen LogP contribution >= 0.6 is 11.6 Å². The number of halogens is 1. The number of amides is 1. The normalized spacial score (nSPS) is 17.0. The molecule has 4 rings (SSSR count). The number of imidazole rings is 1. The lowest BCUT2D eigenvalue weighted by Gasteiger charge is -2.20. The van der Waals surface area contributed by atoms with E-state index in [1.54, 1.807) is 0 Å². The quantitative estimate of drug-likeness (QED) is 0.611. The Bertz CT molecular complexity index is 1030. The van der Waals surface area contributed by atoms with Crippen LogP contribution in [0.4, 0.5) is 5.69 Å². The summed E-state index contributed by atoms with van der Waals surface area (Å²) < 4.78 is 3.96. The second-order valence-electron chi connectivity index (χ2n) is 7.81. The van der Waals surface area contributed by atoms with Crippen LogP contribution in [0.3, 0.4) is 0 Å². The van der Waals surface area contributed by atoms with Crippen LogP contribution < -0.4 is 4.90 Å². The van der Waals surface area contributed by atoms with Crippen LogP contribution in [0.25, 0.3) is 5.69 Å². The Balaban J connectivity index is 1.70. The predicted octanol–water partition coefficient (Wildman–Crippen LogP) is 4.69. The summed E-state index contributed by atoms with van der Waals surface area (Å²) in [5, 5.41) is 5.30. The molecule has 0 aliphatic carbocycles. The van der Waals surface area contributed by atoms with E-state index in [1.807, 2.05) is 53.2 Å². The maximum atomic E-state index is 13.4. The highest BCUT2D eigenvalue weighted by molar-refractivity contribution is 6.30. The van der Waals surface area contributed by atoms with E-state index >= 15 is 0 Å². The molecule has 1 atom stereocenters. The number of carbonyl (C=O) groups excluding carboxylic acids is 1. The Morgan fingerprint density at radius 3 is 2.62 bits per heavy atom. The number of carbonyl (C=O) groups is 1. The highest BCUT2D eigenvalue weighted by Gasteiger charge is 2.37. The van der Waals surface area contributed by atoms with Gasteiger partial charge in [0, 0.05) is 24.2 Å².